The van der Waals surface area contributed by atoms with Crippen LogP contribution in [0.5, 0.6) is 0 Å². The number of methoxy groups -OCH3 is 1. The Bertz CT molecular complexity index is 514. The zero-order valence-corrected chi connectivity index (χ0v) is 11.1. The van der Waals surface area contributed by atoms with E-state index in [-0.39, 0.29) is 12.4 Å². The lowest BCUT2D eigenvalue weighted by Crippen LogP contribution is -2.05. The number of halogens is 2. The maximum Gasteiger partial charge on any atom is 0.309 e. The average molecular weight is 288 g/mol. The van der Waals surface area contributed by atoms with Crippen molar-refractivity contribution in [3.8, 4) is 0 Å². The van der Waals surface area contributed by atoms with Gasteiger partial charge < -0.3 is 4.74 Å². The molecule has 0 spiro atoms. The Morgan fingerprint density at radius 2 is 2.22 bits per heavy atom. The summed E-state index contributed by atoms with van der Waals surface area (Å²) in [4.78, 5) is 16.4. The lowest BCUT2D eigenvalue weighted by Gasteiger charge is -2.06. The van der Waals surface area contributed by atoms with Gasteiger partial charge in [-0.05, 0) is 17.7 Å². The van der Waals surface area contributed by atoms with E-state index in [0.717, 1.165) is 16.8 Å². The van der Waals surface area contributed by atoms with Gasteiger partial charge in [-0.3, -0.25) is 15.1 Å². The Kier molecular flexibility index (Phi) is 4.11. The number of rotatable bonds is 3. The van der Waals surface area contributed by atoms with Crippen molar-refractivity contribution in [3.05, 3.63) is 39.4 Å². The van der Waals surface area contributed by atoms with E-state index < -0.39 is 0 Å². The highest BCUT2D eigenvalue weighted by molar-refractivity contribution is 6.42. The lowest BCUT2D eigenvalue weighted by atomic mass is 10.1. The van der Waals surface area contributed by atoms with Crippen LogP contribution in [0.25, 0.3) is 5.70 Å². The summed E-state index contributed by atoms with van der Waals surface area (Å²) >= 11 is 11.8. The minimum Gasteiger partial charge on any atom is -0.469 e. The number of hydroxylamine groups is 1. The molecule has 1 aliphatic heterocycles. The monoisotopic (exact) mass is 287 g/mol. The van der Waals surface area contributed by atoms with Crippen LogP contribution in [0.4, 0.5) is 0 Å². The molecule has 0 aromatic heterocycles. The Labute approximate surface area is 114 Å². The van der Waals surface area contributed by atoms with Gasteiger partial charge in [0.05, 0.1) is 35.9 Å². The van der Waals surface area contributed by atoms with Crippen molar-refractivity contribution in [2.24, 2.45) is 0 Å². The molecule has 1 heterocycles. The Morgan fingerprint density at radius 3 is 2.89 bits per heavy atom. The summed E-state index contributed by atoms with van der Waals surface area (Å²) in [6.45, 7) is 0.338. The second-order valence-electron chi connectivity index (χ2n) is 3.75. The Balaban J connectivity index is 2.31. The van der Waals surface area contributed by atoms with Crippen LogP contribution in [-0.2, 0) is 14.4 Å². The average Bonchev–Trinajstić information content (AvgIpc) is 2.80. The van der Waals surface area contributed by atoms with Gasteiger partial charge in [-0.15, -0.1) is 0 Å². The summed E-state index contributed by atoms with van der Waals surface area (Å²) in [6.07, 6.45) is 0.180. The number of carbonyl (C=O) groups is 1. The summed E-state index contributed by atoms with van der Waals surface area (Å²) in [7, 11) is 1.35. The fourth-order valence-electron chi connectivity index (χ4n) is 1.64. The molecule has 0 saturated heterocycles. The normalized spacial score (nSPS) is 14.6. The highest BCUT2D eigenvalue weighted by Gasteiger charge is 2.20. The summed E-state index contributed by atoms with van der Waals surface area (Å²) in [5.41, 5.74) is 5.14. The summed E-state index contributed by atoms with van der Waals surface area (Å²) in [5.74, 6) is -0.310. The van der Waals surface area contributed by atoms with Crippen molar-refractivity contribution < 1.29 is 14.4 Å². The number of carbonyl (C=O) groups excluding carboxylic acids is 1. The number of ether oxygens (including phenoxy) is 1. The molecule has 1 aromatic rings. The molecule has 0 amide bonds. The molecule has 0 aliphatic carbocycles. The lowest BCUT2D eigenvalue weighted by molar-refractivity contribution is -0.139. The molecule has 1 aromatic carbocycles. The van der Waals surface area contributed by atoms with Crippen LogP contribution < -0.4 is 5.48 Å². The zero-order chi connectivity index (χ0) is 13.1. The number of benzene rings is 1. The molecule has 0 radical (unpaired) electrons. The van der Waals surface area contributed by atoms with Crippen LogP contribution in [0.3, 0.4) is 0 Å². The molecular weight excluding hydrogens is 277 g/mol. The standard InChI is InChI=1S/C12H11Cl2NO3/c1-17-11(16)5-8-6-18-15-12(8)7-2-3-9(13)10(14)4-7/h2-4,15H,5-6H2,1H3. The van der Waals surface area contributed by atoms with Gasteiger partial charge in [-0.1, -0.05) is 29.3 Å². The molecule has 2 rings (SSSR count). The third kappa shape index (κ3) is 2.77. The largest absolute Gasteiger partial charge is 0.469 e. The molecule has 0 unspecified atom stereocenters. The van der Waals surface area contributed by atoms with Crippen molar-refractivity contribution in [2.75, 3.05) is 13.7 Å². The summed E-state index contributed by atoms with van der Waals surface area (Å²) in [6, 6.07) is 5.22. The summed E-state index contributed by atoms with van der Waals surface area (Å²) in [5, 5.41) is 0.933. The van der Waals surface area contributed by atoms with E-state index in [9.17, 15) is 4.79 Å². The van der Waals surface area contributed by atoms with Gasteiger partial charge >= 0.3 is 5.97 Å². The van der Waals surface area contributed by atoms with Gasteiger partial charge in [0.1, 0.15) is 0 Å². The van der Waals surface area contributed by atoms with Gasteiger partial charge in [0, 0.05) is 5.56 Å². The molecule has 1 N–H and O–H groups in total. The van der Waals surface area contributed by atoms with Crippen molar-refractivity contribution in [3.63, 3.8) is 0 Å². The number of esters is 1. The molecule has 1 aliphatic rings. The molecule has 0 fully saturated rings. The van der Waals surface area contributed by atoms with Crippen molar-refractivity contribution >= 4 is 34.9 Å². The first kappa shape index (κ1) is 13.2. The molecule has 0 saturated carbocycles. The van der Waals surface area contributed by atoms with E-state index in [0.29, 0.717) is 16.7 Å². The van der Waals surface area contributed by atoms with Crippen molar-refractivity contribution in [2.45, 2.75) is 6.42 Å². The fourth-order valence-corrected chi connectivity index (χ4v) is 1.94. The predicted octanol–water partition coefficient (Wildman–Crippen LogP) is 2.80. The van der Waals surface area contributed by atoms with Gasteiger partial charge in [0.2, 0.25) is 0 Å². The van der Waals surface area contributed by atoms with Gasteiger partial charge in [-0.2, -0.15) is 0 Å². The van der Waals surface area contributed by atoms with E-state index in [4.69, 9.17) is 28.0 Å². The zero-order valence-electron chi connectivity index (χ0n) is 9.63. The molecule has 18 heavy (non-hydrogen) atoms. The molecule has 96 valence electrons. The van der Waals surface area contributed by atoms with Crippen molar-refractivity contribution in [1.82, 2.24) is 5.48 Å². The van der Waals surface area contributed by atoms with Crippen LogP contribution >= 0.6 is 23.2 Å². The molecule has 6 heteroatoms. The third-order valence-corrected chi connectivity index (χ3v) is 3.31. The van der Waals surface area contributed by atoms with Crippen LogP contribution in [0.1, 0.15) is 12.0 Å². The summed E-state index contributed by atoms with van der Waals surface area (Å²) < 4.78 is 4.64. The predicted molar refractivity (Wildman–Crippen MR) is 69.1 cm³/mol. The van der Waals surface area contributed by atoms with E-state index in [2.05, 4.69) is 10.2 Å². The van der Waals surface area contributed by atoms with Crippen LogP contribution in [0.15, 0.2) is 23.8 Å². The fraction of sp³-hybridized carbons (Fsp3) is 0.250. The van der Waals surface area contributed by atoms with E-state index in [1.54, 1.807) is 12.1 Å². The maximum atomic E-state index is 11.3. The third-order valence-electron chi connectivity index (χ3n) is 2.57. The first-order valence-corrected chi connectivity index (χ1v) is 5.99. The molecule has 4 nitrogen and oxygen atoms in total. The number of nitrogens with one attached hydrogen (secondary N) is 1. The number of hydrogen-bond acceptors (Lipinski definition) is 4. The minimum atomic E-state index is -0.310. The van der Waals surface area contributed by atoms with Crippen LogP contribution in [0, 0.1) is 0 Å². The Morgan fingerprint density at radius 1 is 1.44 bits per heavy atom. The van der Waals surface area contributed by atoms with Crippen LogP contribution in [-0.4, -0.2) is 19.7 Å². The number of hydrogen-bond donors (Lipinski definition) is 1. The quantitative estimate of drug-likeness (QED) is 0.869. The maximum absolute atomic E-state index is 11.3. The topological polar surface area (TPSA) is 47.6 Å². The van der Waals surface area contributed by atoms with Crippen LogP contribution in [0.2, 0.25) is 10.0 Å². The SMILES string of the molecule is COC(=O)CC1=C(c2ccc(Cl)c(Cl)c2)NOC1. The molecule has 0 bridgehead atoms. The second kappa shape index (κ2) is 5.61. The van der Waals surface area contributed by atoms with Gasteiger partial charge in [0.15, 0.2) is 0 Å². The Hall–Kier alpha value is -1.23. The highest BCUT2D eigenvalue weighted by Crippen LogP contribution is 2.29. The highest BCUT2D eigenvalue weighted by atomic mass is 35.5. The first-order chi connectivity index (χ1) is 8.61. The van der Waals surface area contributed by atoms with E-state index >= 15 is 0 Å². The smallest absolute Gasteiger partial charge is 0.309 e. The second-order valence-corrected chi connectivity index (χ2v) is 4.57. The van der Waals surface area contributed by atoms with Gasteiger partial charge in [-0.25, -0.2) is 0 Å². The van der Waals surface area contributed by atoms with E-state index in [1.807, 2.05) is 6.07 Å². The first-order valence-electron chi connectivity index (χ1n) is 5.24. The molecular formula is C12H11Cl2NO3. The molecule has 0 atom stereocenters. The van der Waals surface area contributed by atoms with E-state index in [1.165, 1.54) is 7.11 Å². The van der Waals surface area contributed by atoms with Gasteiger partial charge in [0.25, 0.3) is 0 Å². The van der Waals surface area contributed by atoms with Crippen molar-refractivity contribution in [1.29, 1.82) is 0 Å². The minimum absolute atomic E-state index is 0.180.